The summed E-state index contributed by atoms with van der Waals surface area (Å²) < 4.78 is 28.6. The molecule has 0 heterocycles. The van der Waals surface area contributed by atoms with E-state index < -0.39 is 10.0 Å². The number of rotatable bonds is 7. The summed E-state index contributed by atoms with van der Waals surface area (Å²) in [6, 6.07) is 20.8. The quantitative estimate of drug-likeness (QED) is 0.488. The van der Waals surface area contributed by atoms with Gasteiger partial charge in [0.25, 0.3) is 10.0 Å². The third-order valence-electron chi connectivity index (χ3n) is 4.98. The van der Waals surface area contributed by atoms with Gasteiger partial charge in [-0.3, -0.25) is 9.10 Å². The molecule has 0 bridgehead atoms. The van der Waals surface area contributed by atoms with Gasteiger partial charge in [-0.15, -0.1) is 0 Å². The number of hydrogen-bond donors (Lipinski definition) is 1. The van der Waals surface area contributed by atoms with Crippen molar-refractivity contribution in [2.24, 2.45) is 0 Å². The molecule has 0 radical (unpaired) electrons. The molecule has 0 aliphatic carbocycles. The Hall–Kier alpha value is -2.64. The second-order valence-electron chi connectivity index (χ2n) is 7.45. The van der Waals surface area contributed by atoms with Crippen molar-refractivity contribution in [3.63, 3.8) is 0 Å². The number of sulfonamides is 1. The average molecular weight is 501 g/mol. The van der Waals surface area contributed by atoms with Gasteiger partial charge < -0.3 is 5.32 Å². The van der Waals surface area contributed by atoms with Gasteiger partial charge in [0.05, 0.1) is 16.6 Å². The molecule has 5 nitrogen and oxygen atoms in total. The first-order valence-corrected chi connectivity index (χ1v) is 12.1. The zero-order chi connectivity index (χ0) is 22.6. The number of nitrogens with one attached hydrogen (secondary N) is 1. The van der Waals surface area contributed by atoms with Gasteiger partial charge >= 0.3 is 0 Å². The molecule has 1 amide bonds. The molecular weight excluding hydrogens is 476 g/mol. The van der Waals surface area contributed by atoms with Gasteiger partial charge in [0.2, 0.25) is 5.91 Å². The molecule has 3 rings (SSSR count). The van der Waals surface area contributed by atoms with Gasteiger partial charge in [0, 0.05) is 4.47 Å². The van der Waals surface area contributed by atoms with Crippen LogP contribution in [-0.2, 0) is 14.8 Å². The molecule has 0 fully saturated rings. The van der Waals surface area contributed by atoms with E-state index in [0.29, 0.717) is 5.69 Å². The van der Waals surface area contributed by atoms with Gasteiger partial charge in [-0.1, -0.05) is 64.0 Å². The second kappa shape index (κ2) is 9.66. The van der Waals surface area contributed by atoms with Crippen LogP contribution in [0.5, 0.6) is 0 Å². The fraction of sp³-hybridized carbons (Fsp3) is 0.208. The van der Waals surface area contributed by atoms with Crippen molar-refractivity contribution in [2.75, 3.05) is 10.8 Å². The summed E-state index contributed by atoms with van der Waals surface area (Å²) >= 11 is 3.38. The molecule has 31 heavy (non-hydrogen) atoms. The number of hydrogen-bond acceptors (Lipinski definition) is 3. The number of carbonyl (C=O) groups excluding carboxylic acids is 1. The fourth-order valence-electron chi connectivity index (χ4n) is 3.47. The predicted molar refractivity (Wildman–Crippen MR) is 128 cm³/mol. The van der Waals surface area contributed by atoms with Crippen LogP contribution in [0.3, 0.4) is 0 Å². The molecule has 162 valence electrons. The van der Waals surface area contributed by atoms with E-state index in [-0.39, 0.29) is 23.4 Å². The lowest BCUT2D eigenvalue weighted by Crippen LogP contribution is -2.41. The van der Waals surface area contributed by atoms with Crippen LogP contribution in [-0.4, -0.2) is 20.9 Å². The van der Waals surface area contributed by atoms with Crippen LogP contribution >= 0.6 is 15.9 Å². The maximum Gasteiger partial charge on any atom is 0.264 e. The molecule has 0 aliphatic rings. The maximum atomic E-state index is 13.4. The van der Waals surface area contributed by atoms with E-state index in [9.17, 15) is 13.2 Å². The number of amides is 1. The highest BCUT2D eigenvalue weighted by Gasteiger charge is 2.27. The van der Waals surface area contributed by atoms with Gasteiger partial charge in [-0.05, 0) is 62.2 Å². The Morgan fingerprint density at radius 1 is 1.00 bits per heavy atom. The van der Waals surface area contributed by atoms with Crippen LogP contribution in [0.15, 0.2) is 82.2 Å². The first kappa shape index (κ1) is 23.0. The van der Waals surface area contributed by atoms with E-state index in [2.05, 4.69) is 27.3 Å². The van der Waals surface area contributed by atoms with Crippen molar-refractivity contribution in [3.8, 4) is 0 Å². The van der Waals surface area contributed by atoms with Gasteiger partial charge in [-0.25, -0.2) is 8.42 Å². The van der Waals surface area contributed by atoms with Crippen molar-refractivity contribution in [1.29, 1.82) is 0 Å². The third-order valence-corrected chi connectivity index (χ3v) is 7.27. The monoisotopic (exact) mass is 500 g/mol. The second-order valence-corrected chi connectivity index (χ2v) is 10.2. The van der Waals surface area contributed by atoms with Gasteiger partial charge in [0.15, 0.2) is 0 Å². The molecule has 1 unspecified atom stereocenters. The van der Waals surface area contributed by atoms with Crippen molar-refractivity contribution in [1.82, 2.24) is 5.32 Å². The molecular formula is C24H25BrN2O3S. The summed E-state index contributed by atoms with van der Waals surface area (Å²) in [6.07, 6.45) is 0. The predicted octanol–water partition coefficient (Wildman–Crippen LogP) is 5.14. The first-order valence-electron chi connectivity index (χ1n) is 9.88. The highest BCUT2D eigenvalue weighted by molar-refractivity contribution is 9.10. The SMILES string of the molecule is Cc1ccc(C(C)NC(=O)CN(c2cccc(Br)c2)S(=O)(=O)c2ccccc2)c(C)c1. The highest BCUT2D eigenvalue weighted by Crippen LogP contribution is 2.26. The molecule has 1 atom stereocenters. The molecule has 0 aromatic heterocycles. The Morgan fingerprint density at radius 2 is 1.71 bits per heavy atom. The average Bonchev–Trinajstić information content (AvgIpc) is 2.72. The van der Waals surface area contributed by atoms with Crippen LogP contribution < -0.4 is 9.62 Å². The van der Waals surface area contributed by atoms with Crippen molar-refractivity contribution < 1.29 is 13.2 Å². The van der Waals surface area contributed by atoms with E-state index in [0.717, 1.165) is 25.5 Å². The topological polar surface area (TPSA) is 66.5 Å². The largest absolute Gasteiger partial charge is 0.348 e. The maximum absolute atomic E-state index is 13.4. The van der Waals surface area contributed by atoms with E-state index >= 15 is 0 Å². The van der Waals surface area contributed by atoms with E-state index in [4.69, 9.17) is 0 Å². The molecule has 0 saturated heterocycles. The Balaban J connectivity index is 1.89. The van der Waals surface area contributed by atoms with Crippen molar-refractivity contribution in [2.45, 2.75) is 31.7 Å². The van der Waals surface area contributed by atoms with E-state index in [1.807, 2.05) is 32.9 Å². The van der Waals surface area contributed by atoms with E-state index in [1.165, 1.54) is 12.1 Å². The third kappa shape index (κ3) is 5.54. The Labute approximate surface area is 192 Å². The minimum Gasteiger partial charge on any atom is -0.348 e. The zero-order valence-electron chi connectivity index (χ0n) is 17.7. The number of anilines is 1. The summed E-state index contributed by atoms with van der Waals surface area (Å²) in [6.45, 7) is 5.58. The summed E-state index contributed by atoms with van der Waals surface area (Å²) in [5.74, 6) is -0.382. The fourth-order valence-corrected chi connectivity index (χ4v) is 5.29. The standard InChI is InChI=1S/C24H25BrN2O3S/c1-17-12-13-23(18(2)14-17)19(3)26-24(28)16-27(21-9-7-8-20(25)15-21)31(29,30)22-10-5-4-6-11-22/h4-15,19H,16H2,1-3H3,(H,26,28). The van der Waals surface area contributed by atoms with E-state index in [1.54, 1.807) is 42.5 Å². The van der Waals surface area contributed by atoms with Crippen LogP contribution in [0, 0.1) is 13.8 Å². The molecule has 0 aliphatic heterocycles. The normalized spacial score (nSPS) is 12.3. The molecule has 7 heteroatoms. The van der Waals surface area contributed by atoms with Crippen LogP contribution in [0.2, 0.25) is 0 Å². The number of aryl methyl sites for hydroxylation is 2. The Kier molecular flexibility index (Phi) is 7.18. The lowest BCUT2D eigenvalue weighted by molar-refractivity contribution is -0.120. The van der Waals surface area contributed by atoms with Crippen molar-refractivity contribution >= 4 is 37.5 Å². The van der Waals surface area contributed by atoms with Crippen LogP contribution in [0.4, 0.5) is 5.69 Å². The summed E-state index contributed by atoms with van der Waals surface area (Å²) in [4.78, 5) is 13.1. The zero-order valence-corrected chi connectivity index (χ0v) is 20.1. The molecule has 0 saturated carbocycles. The summed E-state index contributed by atoms with van der Waals surface area (Å²) in [5.41, 5.74) is 3.63. The van der Waals surface area contributed by atoms with Crippen LogP contribution in [0.25, 0.3) is 0 Å². The lowest BCUT2D eigenvalue weighted by Gasteiger charge is -2.25. The Bertz CT molecular complexity index is 1180. The highest BCUT2D eigenvalue weighted by atomic mass is 79.9. The van der Waals surface area contributed by atoms with Gasteiger partial charge in [-0.2, -0.15) is 0 Å². The number of benzene rings is 3. The smallest absolute Gasteiger partial charge is 0.264 e. The molecule has 0 spiro atoms. The number of carbonyl (C=O) groups is 1. The molecule has 3 aromatic carbocycles. The first-order chi connectivity index (χ1) is 14.7. The minimum absolute atomic E-state index is 0.130. The summed E-state index contributed by atoms with van der Waals surface area (Å²) in [5, 5.41) is 2.94. The summed E-state index contributed by atoms with van der Waals surface area (Å²) in [7, 11) is -3.93. The lowest BCUT2D eigenvalue weighted by atomic mass is 10.0. The number of nitrogens with zero attached hydrogens (tertiary/aromatic N) is 1. The Morgan fingerprint density at radius 3 is 2.35 bits per heavy atom. The molecule has 1 N–H and O–H groups in total. The number of halogens is 1. The van der Waals surface area contributed by atoms with Gasteiger partial charge in [0.1, 0.15) is 6.54 Å². The van der Waals surface area contributed by atoms with Crippen molar-refractivity contribution in [3.05, 3.63) is 94.0 Å². The minimum atomic E-state index is -3.93. The van der Waals surface area contributed by atoms with Crippen LogP contribution in [0.1, 0.15) is 29.7 Å². The molecule has 3 aromatic rings.